The molecule has 2 unspecified atom stereocenters. The van der Waals surface area contributed by atoms with Crippen LogP contribution in [-0.4, -0.2) is 91.7 Å². The van der Waals surface area contributed by atoms with Crippen LogP contribution in [0.15, 0.2) is 17.4 Å². The van der Waals surface area contributed by atoms with Gasteiger partial charge in [0, 0.05) is 52.1 Å². The van der Waals surface area contributed by atoms with E-state index in [0.29, 0.717) is 12.2 Å². The lowest BCUT2D eigenvalue weighted by Gasteiger charge is -2.35. The Morgan fingerprint density at radius 2 is 2.14 bits per heavy atom. The summed E-state index contributed by atoms with van der Waals surface area (Å²) in [6, 6.07) is 0.248. The minimum absolute atomic E-state index is 0. The second-order valence-electron chi connectivity index (χ2n) is 8.01. The van der Waals surface area contributed by atoms with E-state index in [1.54, 1.807) is 0 Å². The van der Waals surface area contributed by atoms with E-state index in [2.05, 4.69) is 45.5 Å². The van der Waals surface area contributed by atoms with Crippen LogP contribution in [0.1, 0.15) is 37.3 Å². The number of halogens is 1. The van der Waals surface area contributed by atoms with Crippen LogP contribution in [0.25, 0.3) is 0 Å². The fraction of sp³-hybridized carbons (Fsp3) is 0.800. The number of hydrogen-bond acceptors (Lipinski definition) is 5. The van der Waals surface area contributed by atoms with Gasteiger partial charge in [0.05, 0.1) is 31.1 Å². The van der Waals surface area contributed by atoms with Crippen LogP contribution < -0.4 is 5.32 Å². The topological polar surface area (TPSA) is 67.2 Å². The van der Waals surface area contributed by atoms with E-state index >= 15 is 0 Å². The number of likely N-dealkylation sites (N-methyl/N-ethyl adjacent to an activating group) is 1. The van der Waals surface area contributed by atoms with Crippen molar-refractivity contribution in [2.75, 3.05) is 54.0 Å². The number of guanidine groups is 1. The van der Waals surface area contributed by atoms with Gasteiger partial charge in [0.2, 0.25) is 0 Å². The average Bonchev–Trinajstić information content (AvgIpc) is 3.36. The Balaban J connectivity index is 0.00000300. The van der Waals surface area contributed by atoms with Crippen molar-refractivity contribution in [3.63, 3.8) is 0 Å². The summed E-state index contributed by atoms with van der Waals surface area (Å²) in [5.74, 6) is 0.966. The Labute approximate surface area is 192 Å². The first-order valence-corrected chi connectivity index (χ1v) is 10.4. The van der Waals surface area contributed by atoms with E-state index in [9.17, 15) is 0 Å². The summed E-state index contributed by atoms with van der Waals surface area (Å²) in [4.78, 5) is 9.05. The van der Waals surface area contributed by atoms with Gasteiger partial charge in [0.25, 0.3) is 0 Å². The van der Waals surface area contributed by atoms with Crippen molar-refractivity contribution in [1.29, 1.82) is 0 Å². The summed E-state index contributed by atoms with van der Waals surface area (Å²) < 4.78 is 13.6. The molecule has 0 saturated carbocycles. The van der Waals surface area contributed by atoms with Crippen molar-refractivity contribution < 1.29 is 9.47 Å². The maximum Gasteiger partial charge on any atom is 0.193 e. The summed E-state index contributed by atoms with van der Waals surface area (Å²) in [6.45, 7) is 4.36. The first-order chi connectivity index (χ1) is 13.6. The van der Waals surface area contributed by atoms with Gasteiger partial charge in [-0.15, -0.1) is 24.0 Å². The molecule has 9 heteroatoms. The molecule has 1 N–H and O–H groups in total. The average molecular weight is 520 g/mol. The van der Waals surface area contributed by atoms with Gasteiger partial charge in [-0.1, -0.05) is 0 Å². The molecule has 3 heterocycles. The molecule has 1 aromatic rings. The number of nitrogens with zero attached hydrogens (tertiary/aromatic N) is 5. The molecule has 2 atom stereocenters. The molecule has 0 bridgehead atoms. The van der Waals surface area contributed by atoms with Gasteiger partial charge in [-0.3, -0.25) is 9.67 Å². The van der Waals surface area contributed by atoms with Gasteiger partial charge < -0.3 is 24.6 Å². The Morgan fingerprint density at radius 1 is 1.38 bits per heavy atom. The fourth-order valence-electron chi connectivity index (χ4n) is 3.98. The maximum atomic E-state index is 6.09. The molecule has 0 spiro atoms. The van der Waals surface area contributed by atoms with Crippen LogP contribution >= 0.6 is 24.0 Å². The number of piperidine rings is 1. The lowest BCUT2D eigenvalue weighted by atomic mass is 10.1. The molecule has 3 rings (SSSR count). The SMILES string of the molecule is CN=C(NCC(c1cnn(C)c1)N(C)C)N1CCC(OCC2CCCO2)CC1.I. The third-order valence-corrected chi connectivity index (χ3v) is 5.68. The molecular weight excluding hydrogens is 483 g/mol. The summed E-state index contributed by atoms with van der Waals surface area (Å²) in [7, 11) is 8.00. The van der Waals surface area contributed by atoms with Gasteiger partial charge in [-0.2, -0.15) is 5.10 Å². The van der Waals surface area contributed by atoms with Crippen molar-refractivity contribution in [3.8, 4) is 0 Å². The van der Waals surface area contributed by atoms with Gasteiger partial charge >= 0.3 is 0 Å². The fourth-order valence-corrected chi connectivity index (χ4v) is 3.98. The zero-order valence-corrected chi connectivity index (χ0v) is 20.5. The lowest BCUT2D eigenvalue weighted by molar-refractivity contribution is -0.0367. The number of ether oxygens (including phenoxy) is 2. The molecule has 0 amide bonds. The maximum absolute atomic E-state index is 6.09. The molecule has 0 aliphatic carbocycles. The number of aliphatic imine (C=N–C) groups is 1. The standard InChI is InChI=1S/C20H36N6O2.HI/c1-21-20(22-13-19(24(2)3)16-12-23-25(4)14-16)26-9-7-17(8-10-26)28-15-18-6-5-11-27-18;/h12,14,17-19H,5-11,13,15H2,1-4H3,(H,21,22);1H. The molecule has 0 aromatic carbocycles. The van der Waals surface area contributed by atoms with Gasteiger partial charge in [0.1, 0.15) is 0 Å². The highest BCUT2D eigenvalue weighted by Crippen LogP contribution is 2.19. The highest BCUT2D eigenvalue weighted by atomic mass is 127. The number of aromatic nitrogens is 2. The van der Waals surface area contributed by atoms with Crippen LogP contribution in [0.2, 0.25) is 0 Å². The van der Waals surface area contributed by atoms with Crippen LogP contribution in [0.5, 0.6) is 0 Å². The lowest BCUT2D eigenvalue weighted by Crippen LogP contribution is -2.48. The first kappa shape index (κ1) is 24.4. The summed E-state index contributed by atoms with van der Waals surface area (Å²) in [5, 5.41) is 7.87. The Morgan fingerprint density at radius 3 is 2.69 bits per heavy atom. The number of likely N-dealkylation sites (tertiary alicyclic amines) is 1. The van der Waals surface area contributed by atoms with Crippen LogP contribution in [0.3, 0.4) is 0 Å². The second kappa shape index (κ2) is 12.1. The molecule has 2 aliphatic heterocycles. The van der Waals surface area contributed by atoms with E-state index < -0.39 is 0 Å². The van der Waals surface area contributed by atoms with E-state index in [1.165, 1.54) is 12.0 Å². The number of hydrogen-bond donors (Lipinski definition) is 1. The molecule has 0 radical (unpaired) electrons. The molecule has 2 aliphatic rings. The third kappa shape index (κ3) is 7.08. The number of rotatable bonds is 7. The monoisotopic (exact) mass is 520 g/mol. The van der Waals surface area contributed by atoms with Crippen LogP contribution in [0, 0.1) is 0 Å². The first-order valence-electron chi connectivity index (χ1n) is 10.4. The van der Waals surface area contributed by atoms with Crippen molar-refractivity contribution >= 4 is 29.9 Å². The summed E-state index contributed by atoms with van der Waals surface area (Å²) in [5.41, 5.74) is 1.21. The van der Waals surface area contributed by atoms with E-state index in [-0.39, 0.29) is 30.0 Å². The van der Waals surface area contributed by atoms with Gasteiger partial charge in [0.15, 0.2) is 5.96 Å². The molecule has 2 saturated heterocycles. The highest BCUT2D eigenvalue weighted by Gasteiger charge is 2.25. The van der Waals surface area contributed by atoms with Crippen molar-refractivity contribution in [2.24, 2.45) is 12.0 Å². The predicted octanol–water partition coefficient (Wildman–Crippen LogP) is 1.88. The minimum atomic E-state index is 0. The van der Waals surface area contributed by atoms with Crippen molar-refractivity contribution in [2.45, 2.75) is 43.9 Å². The molecule has 166 valence electrons. The van der Waals surface area contributed by atoms with Crippen LogP contribution in [0.4, 0.5) is 0 Å². The van der Waals surface area contributed by atoms with Crippen molar-refractivity contribution in [3.05, 3.63) is 18.0 Å². The largest absolute Gasteiger partial charge is 0.376 e. The number of nitrogens with one attached hydrogen (secondary N) is 1. The number of aryl methyl sites for hydroxylation is 1. The summed E-state index contributed by atoms with van der Waals surface area (Å²) >= 11 is 0. The second-order valence-corrected chi connectivity index (χ2v) is 8.01. The minimum Gasteiger partial charge on any atom is -0.376 e. The molecular formula is C20H37IN6O2. The molecule has 8 nitrogen and oxygen atoms in total. The predicted molar refractivity (Wildman–Crippen MR) is 126 cm³/mol. The Bertz CT molecular complexity index is 624. The van der Waals surface area contributed by atoms with Crippen molar-refractivity contribution in [1.82, 2.24) is 24.9 Å². The molecule has 2 fully saturated rings. The summed E-state index contributed by atoms with van der Waals surface area (Å²) in [6.07, 6.45) is 9.03. The Kier molecular flexibility index (Phi) is 10.1. The van der Waals surface area contributed by atoms with E-state index in [1.807, 2.05) is 25.0 Å². The van der Waals surface area contributed by atoms with Crippen LogP contribution in [-0.2, 0) is 16.5 Å². The van der Waals surface area contributed by atoms with E-state index in [4.69, 9.17) is 9.47 Å². The Hall–Kier alpha value is -0.910. The van der Waals surface area contributed by atoms with Gasteiger partial charge in [-0.25, -0.2) is 0 Å². The van der Waals surface area contributed by atoms with E-state index in [0.717, 1.165) is 58.1 Å². The van der Waals surface area contributed by atoms with Gasteiger partial charge in [-0.05, 0) is 39.8 Å². The smallest absolute Gasteiger partial charge is 0.193 e. The normalized spacial score (nSPS) is 22.0. The molecule has 29 heavy (non-hydrogen) atoms. The zero-order valence-electron chi connectivity index (χ0n) is 18.2. The highest BCUT2D eigenvalue weighted by molar-refractivity contribution is 14.0. The molecule has 1 aromatic heterocycles. The zero-order chi connectivity index (χ0) is 19.9. The third-order valence-electron chi connectivity index (χ3n) is 5.68. The quantitative estimate of drug-likeness (QED) is 0.337.